The Morgan fingerprint density at radius 1 is 0.658 bits per heavy atom. The number of amides is 10. The molecular formula is C52H75N17O10. The fraction of sp³-hybridized carbons (Fsp3) is 0.500. The standard InChI is InChI=1S/C52H75N17O10/c1-29(70)62-35(14-8-24-59-51(54)55)45(74)67-39-20-22-43(72)58-23-7-15-36(44(73)63-32-17-18-32)64-50(79)41(27-31-28-61-34-13-6-5-12-33(31)34)69-46(75)37(16-9-25-60-52(56)57)65-49(78)40(26-30-10-3-2-4-11-30)68-48(77)38(66-47(39)76)19-21-42(53)71/h2-6,10-13,28,32,35-41,61H,7-9,14-27H2,1H3,(H2,53,71)(H,58,72)(H,62,70)(H,63,73)(H,64,79)(H,65,78)(H,66,76)(H,67,74)(H,68,77)(H,69,75)(H4,54,55,59)(H4,56,57,60)/t35-,36-,37-,38-,39-,40+,41-/m0/s1. The number of H-pyrrole nitrogens is 1. The van der Waals surface area contributed by atoms with Gasteiger partial charge < -0.3 is 81.5 Å². The zero-order chi connectivity index (χ0) is 57.4. The van der Waals surface area contributed by atoms with Gasteiger partial charge >= 0.3 is 0 Å². The van der Waals surface area contributed by atoms with Crippen molar-refractivity contribution in [3.05, 3.63) is 71.9 Å². The number of fused-ring (bicyclic) bond motifs is 1. The Hall–Kier alpha value is -8.78. The minimum absolute atomic E-state index is 0.00177. The van der Waals surface area contributed by atoms with Crippen LogP contribution in [0.25, 0.3) is 10.9 Å². The van der Waals surface area contributed by atoms with E-state index < -0.39 is 108 Å². The largest absolute Gasteiger partial charge is 0.370 e. The molecule has 2 aliphatic rings. The van der Waals surface area contributed by atoms with Gasteiger partial charge in [0.2, 0.25) is 59.1 Å². The number of benzene rings is 2. The maximum absolute atomic E-state index is 14.7. The predicted octanol–water partition coefficient (Wildman–Crippen LogP) is -3.29. The predicted molar refractivity (Wildman–Crippen MR) is 292 cm³/mol. The van der Waals surface area contributed by atoms with Crippen molar-refractivity contribution in [2.24, 2.45) is 38.7 Å². The lowest BCUT2D eigenvalue weighted by Crippen LogP contribution is -2.60. The highest BCUT2D eigenvalue weighted by atomic mass is 16.2. The number of guanidine groups is 2. The quantitative estimate of drug-likeness (QED) is 0.0300. The van der Waals surface area contributed by atoms with E-state index in [2.05, 4.69) is 62.8 Å². The van der Waals surface area contributed by atoms with E-state index >= 15 is 0 Å². The van der Waals surface area contributed by atoms with E-state index in [1.807, 2.05) is 24.3 Å². The van der Waals surface area contributed by atoms with Crippen LogP contribution < -0.4 is 76.5 Å². The lowest BCUT2D eigenvalue weighted by molar-refractivity contribution is -0.136. The molecule has 2 fully saturated rings. The Labute approximate surface area is 456 Å². The normalized spacial score (nSPS) is 21.5. The van der Waals surface area contributed by atoms with Gasteiger partial charge in [-0.1, -0.05) is 48.5 Å². The van der Waals surface area contributed by atoms with Crippen molar-refractivity contribution in [3.63, 3.8) is 0 Å². The van der Waals surface area contributed by atoms with Gasteiger partial charge in [-0.2, -0.15) is 0 Å². The molecule has 0 spiro atoms. The fourth-order valence-corrected chi connectivity index (χ4v) is 8.73. The van der Waals surface area contributed by atoms with Crippen LogP contribution in [0.1, 0.15) is 95.1 Å². The average molecular weight is 1100 g/mol. The number of para-hydroxylation sites is 1. The number of primary amides is 1. The Bertz CT molecular complexity index is 2690. The Morgan fingerprint density at radius 3 is 1.91 bits per heavy atom. The average Bonchev–Trinajstić information content (AvgIpc) is 4.14. The van der Waals surface area contributed by atoms with Crippen molar-refractivity contribution in [2.45, 2.75) is 145 Å². The number of carbonyl (C=O) groups excluding carboxylic acids is 10. The number of aromatic nitrogens is 1. The van der Waals surface area contributed by atoms with Gasteiger partial charge in [-0.25, -0.2) is 0 Å². The molecule has 3 aromatic rings. The van der Waals surface area contributed by atoms with Crippen LogP contribution in [-0.4, -0.2) is 144 Å². The summed E-state index contributed by atoms with van der Waals surface area (Å²) in [4.78, 5) is 150. The Morgan fingerprint density at radius 2 is 1.25 bits per heavy atom. The minimum atomic E-state index is -1.58. The molecule has 10 amide bonds. The molecular weight excluding hydrogens is 1020 g/mol. The van der Waals surface area contributed by atoms with E-state index in [-0.39, 0.29) is 108 Å². The maximum atomic E-state index is 14.7. The zero-order valence-electron chi connectivity index (χ0n) is 44.3. The van der Waals surface area contributed by atoms with Gasteiger partial charge in [0.05, 0.1) is 0 Å². The van der Waals surface area contributed by atoms with Crippen molar-refractivity contribution in [3.8, 4) is 0 Å². The molecule has 1 saturated carbocycles. The molecule has 27 heteroatoms. The van der Waals surface area contributed by atoms with Crippen LogP contribution >= 0.6 is 0 Å². The number of hydrogen-bond acceptors (Lipinski definition) is 12. The third-order valence-corrected chi connectivity index (χ3v) is 13.0. The van der Waals surface area contributed by atoms with E-state index in [0.29, 0.717) is 11.1 Å². The molecule has 1 aromatic heterocycles. The third kappa shape index (κ3) is 21.3. The summed E-state index contributed by atoms with van der Waals surface area (Å²) >= 11 is 0. The summed E-state index contributed by atoms with van der Waals surface area (Å²) in [6, 6.07) is 6.14. The van der Waals surface area contributed by atoms with Crippen molar-refractivity contribution in [1.29, 1.82) is 0 Å². The van der Waals surface area contributed by atoms with Gasteiger partial charge in [0.25, 0.3) is 0 Å². The van der Waals surface area contributed by atoms with Crippen LogP contribution in [0, 0.1) is 0 Å². The minimum Gasteiger partial charge on any atom is -0.370 e. The van der Waals surface area contributed by atoms with Gasteiger partial charge in [-0.05, 0) is 81.4 Å². The molecule has 79 heavy (non-hydrogen) atoms. The summed E-state index contributed by atoms with van der Waals surface area (Å²) in [5.41, 5.74) is 29.6. The molecule has 2 aromatic carbocycles. The van der Waals surface area contributed by atoms with Gasteiger partial charge in [-0.15, -0.1) is 0 Å². The first-order valence-corrected chi connectivity index (χ1v) is 26.4. The number of aliphatic imine (C=N–C) groups is 2. The van der Waals surface area contributed by atoms with Crippen LogP contribution in [0.15, 0.2) is 70.8 Å². The summed E-state index contributed by atoms with van der Waals surface area (Å²) in [5.74, 6) is -8.03. The third-order valence-electron chi connectivity index (χ3n) is 13.0. The van der Waals surface area contributed by atoms with Gasteiger partial charge in [0.15, 0.2) is 11.9 Å². The number of nitrogens with two attached hydrogens (primary N) is 5. The molecule has 20 N–H and O–H groups in total. The van der Waals surface area contributed by atoms with E-state index in [9.17, 15) is 47.9 Å². The first-order valence-electron chi connectivity index (χ1n) is 26.4. The van der Waals surface area contributed by atoms with Crippen molar-refractivity contribution in [1.82, 2.24) is 52.8 Å². The zero-order valence-corrected chi connectivity index (χ0v) is 44.3. The second kappa shape index (κ2) is 30.8. The Kier molecular flexibility index (Phi) is 23.8. The molecule has 1 aliphatic carbocycles. The van der Waals surface area contributed by atoms with Crippen LogP contribution in [-0.2, 0) is 60.8 Å². The molecule has 1 saturated heterocycles. The summed E-state index contributed by atoms with van der Waals surface area (Å²) < 4.78 is 0. The highest BCUT2D eigenvalue weighted by Gasteiger charge is 2.36. The molecule has 27 nitrogen and oxygen atoms in total. The lowest BCUT2D eigenvalue weighted by Gasteiger charge is -2.28. The van der Waals surface area contributed by atoms with Crippen molar-refractivity contribution in [2.75, 3.05) is 19.6 Å². The molecule has 0 bridgehead atoms. The van der Waals surface area contributed by atoms with E-state index in [4.69, 9.17) is 28.7 Å². The second-order valence-electron chi connectivity index (χ2n) is 19.6. The van der Waals surface area contributed by atoms with Crippen molar-refractivity contribution < 1.29 is 47.9 Å². The van der Waals surface area contributed by atoms with Crippen LogP contribution in [0.2, 0.25) is 0 Å². The van der Waals surface area contributed by atoms with Crippen LogP contribution in [0.3, 0.4) is 0 Å². The highest BCUT2D eigenvalue weighted by Crippen LogP contribution is 2.21. The summed E-state index contributed by atoms with van der Waals surface area (Å²) in [7, 11) is 0. The first-order chi connectivity index (χ1) is 37.8. The Balaban J connectivity index is 1.55. The van der Waals surface area contributed by atoms with Gasteiger partial charge in [0.1, 0.15) is 42.3 Å². The second-order valence-corrected chi connectivity index (χ2v) is 19.6. The van der Waals surface area contributed by atoms with E-state index in [1.54, 1.807) is 36.5 Å². The van der Waals surface area contributed by atoms with Crippen LogP contribution in [0.5, 0.6) is 0 Å². The highest BCUT2D eigenvalue weighted by molar-refractivity contribution is 5.98. The molecule has 7 atom stereocenters. The summed E-state index contributed by atoms with van der Waals surface area (Å²) in [5, 5.41) is 25.2. The SMILES string of the molecule is CC(=O)N[C@@H](CCCN=C(N)N)C(=O)N[C@H]1CCC(=O)NCCC[C@@H](C(=O)NC2CC2)NC(=O)[C@H](Cc2c[nH]c3ccccc23)NC(=O)[C@H](CCCN=C(N)N)NC(=O)[C@@H](Cc2ccccc2)NC(=O)[C@H](CCC(N)=O)NC1=O. The molecule has 428 valence electrons. The molecule has 0 radical (unpaired) electrons. The number of nitrogens with one attached hydrogen (secondary N) is 10. The van der Waals surface area contributed by atoms with Gasteiger partial charge in [-0.3, -0.25) is 57.9 Å². The maximum Gasteiger partial charge on any atom is 0.243 e. The topological polar surface area (TPSA) is 450 Å². The smallest absolute Gasteiger partial charge is 0.243 e. The monoisotopic (exact) mass is 1100 g/mol. The fourth-order valence-electron chi connectivity index (χ4n) is 8.73. The number of nitrogens with zero attached hydrogens (tertiary/aromatic N) is 2. The number of hydrogen-bond donors (Lipinski definition) is 15. The van der Waals surface area contributed by atoms with Gasteiger partial charge in [0, 0.05) is 75.4 Å². The first kappa shape index (κ1) is 61.1. The molecule has 0 unspecified atom stereocenters. The molecule has 2 heterocycles. The lowest BCUT2D eigenvalue weighted by atomic mass is 10.0. The summed E-state index contributed by atoms with van der Waals surface area (Å²) in [6.07, 6.45) is 1.96. The number of carbonyl (C=O) groups is 10. The van der Waals surface area contributed by atoms with E-state index in [1.165, 1.54) is 6.92 Å². The summed E-state index contributed by atoms with van der Waals surface area (Å²) in [6.45, 7) is 1.34. The van der Waals surface area contributed by atoms with Crippen molar-refractivity contribution >= 4 is 81.9 Å². The molecule has 5 rings (SSSR count). The number of rotatable bonds is 20. The van der Waals surface area contributed by atoms with Crippen LogP contribution in [0.4, 0.5) is 0 Å². The number of aromatic amines is 1. The molecule has 1 aliphatic heterocycles. The van der Waals surface area contributed by atoms with E-state index in [0.717, 1.165) is 23.7 Å².